The van der Waals surface area contributed by atoms with Gasteiger partial charge in [-0.25, -0.2) is 0 Å². The highest BCUT2D eigenvalue weighted by Gasteiger charge is 2.41. The van der Waals surface area contributed by atoms with Crippen molar-refractivity contribution < 1.29 is 9.32 Å². The van der Waals surface area contributed by atoms with Crippen LogP contribution in [-0.2, 0) is 5.54 Å². The Balaban J connectivity index is 1.91. The number of rotatable bonds is 3. The maximum atomic E-state index is 12.7. The number of carbonyl (C=O) groups is 1. The Morgan fingerprint density at radius 3 is 2.68 bits per heavy atom. The molecule has 1 saturated carbocycles. The first kappa shape index (κ1) is 14.6. The summed E-state index contributed by atoms with van der Waals surface area (Å²) in [7, 11) is 0. The first-order valence-electron chi connectivity index (χ1n) is 7.50. The van der Waals surface area contributed by atoms with Crippen molar-refractivity contribution in [3.8, 4) is 0 Å². The molecule has 0 aliphatic heterocycles. The lowest BCUT2D eigenvalue weighted by Gasteiger charge is -2.27. The summed E-state index contributed by atoms with van der Waals surface area (Å²) < 4.78 is 5.10. The van der Waals surface area contributed by atoms with E-state index in [4.69, 9.17) is 10.3 Å². The Kier molecular flexibility index (Phi) is 3.60. The number of aromatic nitrogens is 2. The SMILES string of the molecule is Cc1nc(C2(NC(=O)c3cc(N)ccc3C)CCCC2)no1. The monoisotopic (exact) mass is 300 g/mol. The van der Waals surface area contributed by atoms with E-state index in [9.17, 15) is 4.79 Å². The predicted octanol–water partition coefficient (Wildman–Crippen LogP) is 2.47. The molecule has 116 valence electrons. The van der Waals surface area contributed by atoms with E-state index < -0.39 is 5.54 Å². The third-order valence-electron chi connectivity index (χ3n) is 4.27. The Morgan fingerprint density at radius 1 is 1.32 bits per heavy atom. The highest BCUT2D eigenvalue weighted by Crippen LogP contribution is 2.37. The molecular formula is C16H20N4O2. The molecule has 6 nitrogen and oxygen atoms in total. The molecule has 3 rings (SSSR count). The second-order valence-corrected chi connectivity index (χ2v) is 5.95. The molecule has 1 aliphatic carbocycles. The number of benzene rings is 1. The van der Waals surface area contributed by atoms with Gasteiger partial charge in [0.2, 0.25) is 5.89 Å². The van der Waals surface area contributed by atoms with Gasteiger partial charge in [0.1, 0.15) is 5.54 Å². The van der Waals surface area contributed by atoms with Crippen molar-refractivity contribution in [2.75, 3.05) is 5.73 Å². The quantitative estimate of drug-likeness (QED) is 0.849. The fraction of sp³-hybridized carbons (Fsp3) is 0.438. The molecule has 0 atom stereocenters. The van der Waals surface area contributed by atoms with Crippen LogP contribution < -0.4 is 11.1 Å². The smallest absolute Gasteiger partial charge is 0.252 e. The largest absolute Gasteiger partial charge is 0.399 e. The van der Waals surface area contributed by atoms with Gasteiger partial charge < -0.3 is 15.6 Å². The Hall–Kier alpha value is -2.37. The van der Waals surface area contributed by atoms with Gasteiger partial charge in [0.25, 0.3) is 5.91 Å². The summed E-state index contributed by atoms with van der Waals surface area (Å²) in [5.74, 6) is 0.933. The summed E-state index contributed by atoms with van der Waals surface area (Å²) in [5, 5.41) is 7.16. The topological polar surface area (TPSA) is 94.0 Å². The van der Waals surface area contributed by atoms with Crippen LogP contribution in [0, 0.1) is 13.8 Å². The zero-order chi connectivity index (χ0) is 15.7. The molecule has 0 unspecified atom stereocenters. The highest BCUT2D eigenvalue weighted by atomic mass is 16.5. The second-order valence-electron chi connectivity index (χ2n) is 5.95. The maximum Gasteiger partial charge on any atom is 0.252 e. The number of nitrogen functional groups attached to an aromatic ring is 1. The minimum Gasteiger partial charge on any atom is -0.399 e. The van der Waals surface area contributed by atoms with E-state index in [1.165, 1.54) is 0 Å². The van der Waals surface area contributed by atoms with Gasteiger partial charge in [-0.05, 0) is 37.5 Å². The van der Waals surface area contributed by atoms with E-state index in [0.29, 0.717) is 23.0 Å². The first-order chi connectivity index (χ1) is 10.5. The molecule has 0 saturated heterocycles. The number of hydrogen-bond donors (Lipinski definition) is 2. The van der Waals surface area contributed by atoms with Crippen LogP contribution in [0.5, 0.6) is 0 Å². The summed E-state index contributed by atoms with van der Waals surface area (Å²) in [6, 6.07) is 5.35. The summed E-state index contributed by atoms with van der Waals surface area (Å²) in [5.41, 5.74) is 7.32. The minimum atomic E-state index is -0.536. The molecule has 1 aromatic carbocycles. The lowest BCUT2D eigenvalue weighted by atomic mass is 9.95. The van der Waals surface area contributed by atoms with Gasteiger partial charge in [-0.2, -0.15) is 4.98 Å². The van der Waals surface area contributed by atoms with Crippen LogP contribution in [0.4, 0.5) is 5.69 Å². The van der Waals surface area contributed by atoms with Gasteiger partial charge >= 0.3 is 0 Å². The molecule has 3 N–H and O–H groups in total. The van der Waals surface area contributed by atoms with E-state index in [-0.39, 0.29) is 5.91 Å². The maximum absolute atomic E-state index is 12.7. The van der Waals surface area contributed by atoms with Crippen LogP contribution in [0.25, 0.3) is 0 Å². The zero-order valence-electron chi connectivity index (χ0n) is 12.8. The number of nitrogens with one attached hydrogen (secondary N) is 1. The molecule has 22 heavy (non-hydrogen) atoms. The lowest BCUT2D eigenvalue weighted by Crippen LogP contribution is -2.44. The van der Waals surface area contributed by atoms with Crippen LogP contribution in [0.3, 0.4) is 0 Å². The van der Waals surface area contributed by atoms with E-state index in [0.717, 1.165) is 31.2 Å². The number of amides is 1. The molecule has 6 heteroatoms. The first-order valence-corrected chi connectivity index (χ1v) is 7.50. The van der Waals surface area contributed by atoms with Gasteiger partial charge in [-0.1, -0.05) is 24.1 Å². The summed E-state index contributed by atoms with van der Waals surface area (Å²) in [4.78, 5) is 17.0. The van der Waals surface area contributed by atoms with Gasteiger partial charge in [-0.15, -0.1) is 0 Å². The number of nitrogens with two attached hydrogens (primary N) is 1. The molecule has 1 heterocycles. The Morgan fingerprint density at radius 2 is 2.05 bits per heavy atom. The predicted molar refractivity (Wildman–Crippen MR) is 82.2 cm³/mol. The molecule has 1 amide bonds. The molecule has 2 aromatic rings. The fourth-order valence-corrected chi connectivity index (χ4v) is 3.05. The fourth-order valence-electron chi connectivity index (χ4n) is 3.05. The lowest BCUT2D eigenvalue weighted by molar-refractivity contribution is 0.0891. The van der Waals surface area contributed by atoms with Crippen LogP contribution in [-0.4, -0.2) is 16.0 Å². The number of carbonyl (C=O) groups excluding carboxylic acids is 1. The number of hydrogen-bond acceptors (Lipinski definition) is 5. The Labute approximate surface area is 129 Å². The molecule has 0 bridgehead atoms. The number of nitrogens with zero attached hydrogens (tertiary/aromatic N) is 2. The third-order valence-corrected chi connectivity index (χ3v) is 4.27. The van der Waals surface area contributed by atoms with Crippen molar-refractivity contribution in [3.63, 3.8) is 0 Å². The van der Waals surface area contributed by atoms with E-state index >= 15 is 0 Å². The zero-order valence-corrected chi connectivity index (χ0v) is 12.8. The van der Waals surface area contributed by atoms with Gasteiger partial charge in [0.15, 0.2) is 5.82 Å². The van der Waals surface area contributed by atoms with Crippen LogP contribution in [0.1, 0.15) is 53.3 Å². The Bertz CT molecular complexity index is 702. The molecule has 1 aliphatic rings. The van der Waals surface area contributed by atoms with Crippen LogP contribution in [0.2, 0.25) is 0 Å². The van der Waals surface area contributed by atoms with E-state index in [1.54, 1.807) is 19.1 Å². The molecule has 1 aromatic heterocycles. The van der Waals surface area contributed by atoms with Crippen molar-refractivity contribution in [3.05, 3.63) is 41.0 Å². The average molecular weight is 300 g/mol. The number of aryl methyl sites for hydroxylation is 2. The van der Waals surface area contributed by atoms with E-state index in [1.807, 2.05) is 13.0 Å². The van der Waals surface area contributed by atoms with Gasteiger partial charge in [-0.3, -0.25) is 4.79 Å². The van der Waals surface area contributed by atoms with Crippen molar-refractivity contribution in [1.82, 2.24) is 15.5 Å². The summed E-state index contributed by atoms with van der Waals surface area (Å²) in [6.07, 6.45) is 3.70. The third kappa shape index (κ3) is 2.56. The van der Waals surface area contributed by atoms with Crippen LogP contribution >= 0.6 is 0 Å². The van der Waals surface area contributed by atoms with Gasteiger partial charge in [0, 0.05) is 18.2 Å². The van der Waals surface area contributed by atoms with Crippen molar-refractivity contribution in [1.29, 1.82) is 0 Å². The van der Waals surface area contributed by atoms with Crippen LogP contribution in [0.15, 0.2) is 22.7 Å². The normalized spacial score (nSPS) is 16.6. The molecule has 0 spiro atoms. The molecule has 1 fully saturated rings. The van der Waals surface area contributed by atoms with Gasteiger partial charge in [0.05, 0.1) is 0 Å². The average Bonchev–Trinajstić information content (AvgIpc) is 3.11. The minimum absolute atomic E-state index is 0.144. The highest BCUT2D eigenvalue weighted by molar-refractivity contribution is 5.97. The van der Waals surface area contributed by atoms with Crippen molar-refractivity contribution in [2.24, 2.45) is 0 Å². The van der Waals surface area contributed by atoms with E-state index in [2.05, 4.69) is 15.5 Å². The summed E-state index contributed by atoms with van der Waals surface area (Å²) >= 11 is 0. The second kappa shape index (κ2) is 5.44. The van der Waals surface area contributed by atoms with Crippen molar-refractivity contribution >= 4 is 11.6 Å². The summed E-state index contributed by atoms with van der Waals surface area (Å²) in [6.45, 7) is 3.65. The molecule has 0 radical (unpaired) electrons. The van der Waals surface area contributed by atoms with Crippen molar-refractivity contribution in [2.45, 2.75) is 45.1 Å². The number of anilines is 1. The molecular weight excluding hydrogens is 280 g/mol. The standard InChI is InChI=1S/C16H20N4O2/c1-10-5-6-12(17)9-13(10)14(21)19-16(7-3-4-8-16)15-18-11(2)22-20-15/h5-6,9H,3-4,7-8,17H2,1-2H3,(H,19,21).